The third kappa shape index (κ3) is 5.63. The molecule has 0 radical (unpaired) electrons. The van der Waals surface area contributed by atoms with Crippen LogP contribution in [-0.2, 0) is 16.1 Å². The molecule has 2 heterocycles. The molecule has 1 unspecified atom stereocenters. The molecule has 3 N–H and O–H groups in total. The zero-order valence-corrected chi connectivity index (χ0v) is 19.0. The van der Waals surface area contributed by atoms with Crippen LogP contribution in [0.1, 0.15) is 50.5 Å². The fraction of sp³-hybridized carbons (Fsp3) is 0.609. The van der Waals surface area contributed by atoms with Gasteiger partial charge < -0.3 is 20.5 Å². The number of carbonyl (C=O) groups is 2. The van der Waals surface area contributed by atoms with Gasteiger partial charge in [-0.3, -0.25) is 14.3 Å². The SMILES string of the molecule is CC(C)(C)C(NC(=O)c1nn(CC2CCOCC2)c2c(F)cccc12)C(=O)NCCCO. The van der Waals surface area contributed by atoms with Crippen LogP contribution in [0.2, 0.25) is 0 Å². The van der Waals surface area contributed by atoms with Crippen molar-refractivity contribution in [3.8, 4) is 0 Å². The number of ether oxygens (including phenoxy) is 1. The third-order valence-electron chi connectivity index (χ3n) is 5.75. The van der Waals surface area contributed by atoms with Crippen LogP contribution in [-0.4, -0.2) is 59.1 Å². The molecule has 8 nitrogen and oxygen atoms in total. The maximum absolute atomic E-state index is 14.7. The normalized spacial score (nSPS) is 16.2. The summed E-state index contributed by atoms with van der Waals surface area (Å²) in [6.07, 6.45) is 2.14. The van der Waals surface area contributed by atoms with Crippen LogP contribution < -0.4 is 10.6 Å². The molecule has 1 fully saturated rings. The summed E-state index contributed by atoms with van der Waals surface area (Å²) in [5, 5.41) is 19.4. The van der Waals surface area contributed by atoms with Gasteiger partial charge in [-0.2, -0.15) is 5.10 Å². The fourth-order valence-corrected chi connectivity index (χ4v) is 3.93. The molecular weight excluding hydrogens is 415 g/mol. The van der Waals surface area contributed by atoms with E-state index in [0.717, 1.165) is 12.8 Å². The molecule has 1 aromatic heterocycles. The first kappa shape index (κ1) is 24.1. The van der Waals surface area contributed by atoms with Crippen LogP contribution in [0.3, 0.4) is 0 Å². The number of benzene rings is 1. The van der Waals surface area contributed by atoms with E-state index in [2.05, 4.69) is 15.7 Å². The molecule has 0 aliphatic carbocycles. The van der Waals surface area contributed by atoms with Gasteiger partial charge in [0, 0.05) is 38.3 Å². The number of nitrogens with zero attached hydrogens (tertiary/aromatic N) is 2. The van der Waals surface area contributed by atoms with Crippen LogP contribution >= 0.6 is 0 Å². The number of halogens is 1. The first-order chi connectivity index (χ1) is 15.2. The smallest absolute Gasteiger partial charge is 0.273 e. The van der Waals surface area contributed by atoms with E-state index in [1.165, 1.54) is 6.07 Å². The van der Waals surface area contributed by atoms with Gasteiger partial charge in [0.2, 0.25) is 5.91 Å². The molecular formula is C23H33FN4O4. The van der Waals surface area contributed by atoms with Gasteiger partial charge in [0.25, 0.3) is 5.91 Å². The van der Waals surface area contributed by atoms with Crippen molar-refractivity contribution >= 4 is 22.7 Å². The molecule has 32 heavy (non-hydrogen) atoms. The predicted octanol–water partition coefficient (Wildman–Crippen LogP) is 2.25. The van der Waals surface area contributed by atoms with Gasteiger partial charge in [-0.25, -0.2) is 4.39 Å². The van der Waals surface area contributed by atoms with Gasteiger partial charge in [0.15, 0.2) is 5.69 Å². The van der Waals surface area contributed by atoms with Crippen LogP contribution in [0.5, 0.6) is 0 Å². The minimum absolute atomic E-state index is 0.0328. The van der Waals surface area contributed by atoms with E-state index in [4.69, 9.17) is 9.84 Å². The Bertz CT molecular complexity index is 947. The summed E-state index contributed by atoms with van der Waals surface area (Å²) >= 11 is 0. The molecule has 1 aliphatic rings. The van der Waals surface area contributed by atoms with E-state index in [0.29, 0.717) is 49.5 Å². The van der Waals surface area contributed by atoms with Crippen LogP contribution in [0, 0.1) is 17.2 Å². The predicted molar refractivity (Wildman–Crippen MR) is 119 cm³/mol. The fourth-order valence-electron chi connectivity index (χ4n) is 3.93. The highest BCUT2D eigenvalue weighted by atomic mass is 19.1. The molecule has 176 valence electrons. The molecule has 9 heteroatoms. The average molecular weight is 449 g/mol. The molecule has 2 aromatic rings. The number of amides is 2. The number of aromatic nitrogens is 2. The monoisotopic (exact) mass is 448 g/mol. The summed E-state index contributed by atoms with van der Waals surface area (Å²) in [5.41, 5.74) is -0.169. The number of para-hydroxylation sites is 1. The lowest BCUT2D eigenvalue weighted by Gasteiger charge is -2.30. The molecule has 0 spiro atoms. The largest absolute Gasteiger partial charge is 0.396 e. The molecule has 2 amide bonds. The molecule has 1 atom stereocenters. The van der Waals surface area contributed by atoms with E-state index in [1.807, 2.05) is 20.8 Å². The molecule has 0 bridgehead atoms. The van der Waals surface area contributed by atoms with E-state index >= 15 is 0 Å². The number of aliphatic hydroxyl groups is 1. The topological polar surface area (TPSA) is 105 Å². The Morgan fingerprint density at radius 3 is 2.69 bits per heavy atom. The summed E-state index contributed by atoms with van der Waals surface area (Å²) in [4.78, 5) is 25.9. The zero-order chi connectivity index (χ0) is 23.3. The van der Waals surface area contributed by atoms with Crippen molar-refractivity contribution in [3.05, 3.63) is 29.7 Å². The van der Waals surface area contributed by atoms with E-state index in [9.17, 15) is 14.0 Å². The summed E-state index contributed by atoms with van der Waals surface area (Å²) in [6, 6.07) is 3.77. The average Bonchev–Trinajstić information content (AvgIpc) is 3.11. The van der Waals surface area contributed by atoms with Gasteiger partial charge in [-0.1, -0.05) is 32.9 Å². The van der Waals surface area contributed by atoms with Crippen LogP contribution in [0.4, 0.5) is 4.39 Å². The van der Waals surface area contributed by atoms with E-state index < -0.39 is 23.2 Å². The lowest BCUT2D eigenvalue weighted by Crippen LogP contribution is -2.53. The van der Waals surface area contributed by atoms with E-state index in [-0.39, 0.29) is 18.2 Å². The summed E-state index contributed by atoms with van der Waals surface area (Å²) in [6.45, 7) is 7.66. The Kier molecular flexibility index (Phi) is 7.84. The number of rotatable bonds is 8. The second-order valence-electron chi connectivity index (χ2n) is 9.36. The maximum atomic E-state index is 14.7. The second kappa shape index (κ2) is 10.4. The van der Waals surface area contributed by atoms with Crippen molar-refractivity contribution < 1.29 is 23.8 Å². The van der Waals surface area contributed by atoms with Crippen molar-refractivity contribution in [1.29, 1.82) is 0 Å². The number of carbonyl (C=O) groups excluding carboxylic acids is 2. The Labute approximate surface area is 187 Å². The lowest BCUT2D eigenvalue weighted by atomic mass is 9.86. The molecule has 1 aliphatic heterocycles. The molecule has 0 saturated carbocycles. The standard InChI is InChI=1S/C23H33FN4O4/c1-23(2,3)20(22(31)25-10-5-11-29)26-21(30)18-16-6-4-7-17(24)19(16)28(27-18)14-15-8-12-32-13-9-15/h4,6-7,15,20,29H,5,8-14H2,1-3H3,(H,25,31)(H,26,30). The quantitative estimate of drug-likeness (QED) is 0.537. The van der Waals surface area contributed by atoms with Crippen LogP contribution in [0.25, 0.3) is 10.9 Å². The number of aliphatic hydroxyl groups excluding tert-OH is 1. The van der Waals surface area contributed by atoms with Gasteiger partial charge in [-0.15, -0.1) is 0 Å². The third-order valence-corrected chi connectivity index (χ3v) is 5.75. The molecule has 3 rings (SSSR count). The highest BCUT2D eigenvalue weighted by Crippen LogP contribution is 2.26. The Balaban J connectivity index is 1.87. The first-order valence-electron chi connectivity index (χ1n) is 11.1. The van der Waals surface area contributed by atoms with Crippen molar-refractivity contribution in [2.45, 2.75) is 52.6 Å². The summed E-state index contributed by atoms with van der Waals surface area (Å²) < 4.78 is 21.7. The molecule has 1 aromatic carbocycles. The zero-order valence-electron chi connectivity index (χ0n) is 19.0. The highest BCUT2D eigenvalue weighted by Gasteiger charge is 2.34. The van der Waals surface area contributed by atoms with Gasteiger partial charge >= 0.3 is 0 Å². The van der Waals surface area contributed by atoms with Crippen molar-refractivity contribution in [3.63, 3.8) is 0 Å². The summed E-state index contributed by atoms with van der Waals surface area (Å²) in [5.74, 6) is -1.00. The minimum atomic E-state index is -0.821. The van der Waals surface area contributed by atoms with Crippen molar-refractivity contribution in [2.24, 2.45) is 11.3 Å². The lowest BCUT2D eigenvalue weighted by molar-refractivity contribution is -0.125. The number of fused-ring (bicyclic) bond motifs is 1. The number of nitrogens with one attached hydrogen (secondary N) is 2. The first-order valence-corrected chi connectivity index (χ1v) is 11.1. The molecule has 1 saturated heterocycles. The minimum Gasteiger partial charge on any atom is -0.396 e. The summed E-state index contributed by atoms with van der Waals surface area (Å²) in [7, 11) is 0. The van der Waals surface area contributed by atoms with Gasteiger partial charge in [0.05, 0.1) is 0 Å². The van der Waals surface area contributed by atoms with Crippen molar-refractivity contribution in [1.82, 2.24) is 20.4 Å². The highest BCUT2D eigenvalue weighted by molar-refractivity contribution is 6.06. The number of hydrogen-bond donors (Lipinski definition) is 3. The van der Waals surface area contributed by atoms with Gasteiger partial charge in [0.1, 0.15) is 17.4 Å². The van der Waals surface area contributed by atoms with Crippen molar-refractivity contribution in [2.75, 3.05) is 26.4 Å². The Morgan fingerprint density at radius 1 is 1.31 bits per heavy atom. The van der Waals surface area contributed by atoms with E-state index in [1.54, 1.807) is 16.8 Å². The second-order valence-corrected chi connectivity index (χ2v) is 9.36. The van der Waals surface area contributed by atoms with Gasteiger partial charge in [-0.05, 0) is 36.7 Å². The van der Waals surface area contributed by atoms with Crippen LogP contribution in [0.15, 0.2) is 18.2 Å². The Morgan fingerprint density at radius 2 is 2.03 bits per heavy atom. The number of hydrogen-bond acceptors (Lipinski definition) is 5. The maximum Gasteiger partial charge on any atom is 0.273 e. The Hall–Kier alpha value is -2.52.